The van der Waals surface area contributed by atoms with E-state index in [0.29, 0.717) is 30.3 Å². The number of halogens is 1. The highest BCUT2D eigenvalue weighted by Crippen LogP contribution is 2.41. The first-order valence-electron chi connectivity index (χ1n) is 8.89. The molecule has 1 aromatic carbocycles. The summed E-state index contributed by atoms with van der Waals surface area (Å²) in [6, 6.07) is 4.43. The van der Waals surface area contributed by atoms with Crippen LogP contribution in [0, 0.1) is 23.6 Å². The number of aryl methyl sites for hydroxylation is 1. The van der Waals surface area contributed by atoms with Crippen molar-refractivity contribution < 1.29 is 9.18 Å². The molecule has 1 aromatic heterocycles. The maximum Gasteiger partial charge on any atom is 0.254 e. The minimum Gasteiger partial charge on any atom is -0.329 e. The second-order valence-electron chi connectivity index (χ2n) is 6.98. The third kappa shape index (κ3) is 3.49. The Bertz CT molecular complexity index is 936. The molecule has 1 saturated carbocycles. The Morgan fingerprint density at radius 1 is 1.33 bits per heavy atom. The van der Waals surface area contributed by atoms with Gasteiger partial charge in [0.25, 0.3) is 5.91 Å². The topological polar surface area (TPSA) is 84.1 Å². The number of hydrogen-bond acceptors (Lipinski definition) is 5. The summed E-state index contributed by atoms with van der Waals surface area (Å²) in [6.45, 7) is 2.47. The van der Waals surface area contributed by atoms with Crippen LogP contribution in [0.5, 0.6) is 0 Å². The predicted octanol–water partition coefficient (Wildman–Crippen LogP) is 3.23. The first-order chi connectivity index (χ1) is 12.9. The zero-order valence-electron chi connectivity index (χ0n) is 15.0. The van der Waals surface area contributed by atoms with Crippen LogP contribution in [0.15, 0.2) is 23.6 Å². The molecule has 2 aromatic rings. The number of amides is 1. The molecule has 140 valence electrons. The van der Waals surface area contributed by atoms with E-state index in [2.05, 4.69) is 4.98 Å². The SMILES string of the molecule is Cc1ccc(C(=O)N2CCN(C(=N)c3csc(C4CC4)n3)C(=N)C2)cc1F. The van der Waals surface area contributed by atoms with Gasteiger partial charge >= 0.3 is 0 Å². The fourth-order valence-electron chi connectivity index (χ4n) is 3.08. The highest BCUT2D eigenvalue weighted by Gasteiger charge is 2.31. The largest absolute Gasteiger partial charge is 0.329 e. The van der Waals surface area contributed by atoms with Gasteiger partial charge in [-0.2, -0.15) is 0 Å². The maximum absolute atomic E-state index is 13.7. The first-order valence-corrected chi connectivity index (χ1v) is 9.76. The Morgan fingerprint density at radius 2 is 2.11 bits per heavy atom. The Morgan fingerprint density at radius 3 is 2.78 bits per heavy atom. The van der Waals surface area contributed by atoms with E-state index >= 15 is 0 Å². The lowest BCUT2D eigenvalue weighted by Gasteiger charge is -2.36. The monoisotopic (exact) mass is 385 g/mol. The zero-order valence-corrected chi connectivity index (χ0v) is 15.8. The summed E-state index contributed by atoms with van der Waals surface area (Å²) in [4.78, 5) is 20.3. The number of hydrogen-bond donors (Lipinski definition) is 2. The van der Waals surface area contributed by atoms with Gasteiger partial charge in [0.15, 0.2) is 5.84 Å². The minimum atomic E-state index is -0.411. The molecule has 1 amide bonds. The van der Waals surface area contributed by atoms with Crippen LogP contribution in [0.1, 0.15) is 45.4 Å². The minimum absolute atomic E-state index is 0.0936. The molecular formula is C19H20FN5OS. The molecule has 2 fully saturated rings. The average Bonchev–Trinajstić information content (AvgIpc) is 3.39. The molecule has 0 bridgehead atoms. The molecule has 2 aliphatic rings. The summed E-state index contributed by atoms with van der Waals surface area (Å²) in [5.41, 5.74) is 1.36. The van der Waals surface area contributed by atoms with Crippen molar-refractivity contribution >= 4 is 28.9 Å². The molecule has 0 spiro atoms. The van der Waals surface area contributed by atoms with Gasteiger partial charge in [0, 0.05) is 30.0 Å². The number of amidine groups is 2. The van der Waals surface area contributed by atoms with Crippen molar-refractivity contribution in [3.63, 3.8) is 0 Å². The van der Waals surface area contributed by atoms with E-state index in [-0.39, 0.29) is 29.7 Å². The van der Waals surface area contributed by atoms with Gasteiger partial charge in [-0.05, 0) is 37.5 Å². The van der Waals surface area contributed by atoms with Crippen molar-refractivity contribution in [2.45, 2.75) is 25.7 Å². The summed E-state index contributed by atoms with van der Waals surface area (Å²) in [6.07, 6.45) is 2.33. The van der Waals surface area contributed by atoms with Gasteiger partial charge in [0.05, 0.1) is 11.6 Å². The summed E-state index contributed by atoms with van der Waals surface area (Å²) >= 11 is 1.57. The van der Waals surface area contributed by atoms with Gasteiger partial charge in [-0.3, -0.25) is 15.6 Å². The smallest absolute Gasteiger partial charge is 0.254 e. The number of rotatable bonds is 3. The molecule has 1 aliphatic heterocycles. The summed E-state index contributed by atoms with van der Waals surface area (Å²) in [5, 5.41) is 19.6. The molecule has 0 atom stereocenters. The quantitative estimate of drug-likeness (QED) is 0.628. The van der Waals surface area contributed by atoms with Gasteiger partial charge in [0.1, 0.15) is 17.3 Å². The Balaban J connectivity index is 1.43. The Hall–Kier alpha value is -2.61. The van der Waals surface area contributed by atoms with E-state index in [4.69, 9.17) is 10.8 Å². The second kappa shape index (κ2) is 6.84. The second-order valence-corrected chi connectivity index (χ2v) is 7.87. The third-order valence-corrected chi connectivity index (χ3v) is 5.93. The van der Waals surface area contributed by atoms with Crippen LogP contribution >= 0.6 is 11.3 Å². The van der Waals surface area contributed by atoms with E-state index in [1.807, 2.05) is 5.38 Å². The van der Waals surface area contributed by atoms with Crippen molar-refractivity contribution in [3.8, 4) is 0 Å². The zero-order chi connectivity index (χ0) is 19.1. The number of nitrogens with one attached hydrogen (secondary N) is 2. The van der Waals surface area contributed by atoms with Crippen molar-refractivity contribution in [1.29, 1.82) is 10.8 Å². The summed E-state index contributed by atoms with van der Waals surface area (Å²) < 4.78 is 13.7. The molecule has 1 saturated heterocycles. The number of thiazole rings is 1. The van der Waals surface area contributed by atoms with Crippen LogP contribution in [0.3, 0.4) is 0 Å². The maximum atomic E-state index is 13.7. The average molecular weight is 385 g/mol. The van der Waals surface area contributed by atoms with E-state index in [0.717, 1.165) is 17.8 Å². The molecule has 27 heavy (non-hydrogen) atoms. The van der Waals surface area contributed by atoms with E-state index in [1.54, 1.807) is 35.3 Å². The van der Waals surface area contributed by atoms with Gasteiger partial charge in [-0.15, -0.1) is 11.3 Å². The predicted molar refractivity (Wildman–Crippen MR) is 102 cm³/mol. The molecule has 2 N–H and O–H groups in total. The van der Waals surface area contributed by atoms with Gasteiger partial charge in [0.2, 0.25) is 0 Å². The molecule has 2 heterocycles. The van der Waals surface area contributed by atoms with E-state index in [1.165, 1.54) is 11.0 Å². The van der Waals surface area contributed by atoms with Crippen molar-refractivity contribution in [2.75, 3.05) is 19.6 Å². The third-order valence-electron chi connectivity index (χ3n) is 4.93. The molecule has 0 unspecified atom stereocenters. The van der Waals surface area contributed by atoms with Crippen molar-refractivity contribution in [2.24, 2.45) is 0 Å². The molecule has 6 nitrogen and oxygen atoms in total. The van der Waals surface area contributed by atoms with E-state index in [9.17, 15) is 9.18 Å². The van der Waals surface area contributed by atoms with Crippen molar-refractivity contribution in [1.82, 2.24) is 14.8 Å². The van der Waals surface area contributed by atoms with Crippen LogP contribution in [-0.2, 0) is 0 Å². The van der Waals surface area contributed by atoms with Gasteiger partial charge < -0.3 is 9.80 Å². The number of benzene rings is 1. The Labute approximate surface area is 160 Å². The first kappa shape index (κ1) is 17.8. The van der Waals surface area contributed by atoms with Crippen LogP contribution in [-0.4, -0.2) is 52.0 Å². The molecule has 8 heteroatoms. The number of carbonyl (C=O) groups excluding carboxylic acids is 1. The van der Waals surface area contributed by atoms with Crippen LogP contribution in [0.25, 0.3) is 0 Å². The highest BCUT2D eigenvalue weighted by molar-refractivity contribution is 7.10. The van der Waals surface area contributed by atoms with Crippen LogP contribution in [0.4, 0.5) is 4.39 Å². The molecule has 0 radical (unpaired) electrons. The lowest BCUT2D eigenvalue weighted by molar-refractivity contribution is 0.0756. The molecule has 4 rings (SSSR count). The fraction of sp³-hybridized carbons (Fsp3) is 0.368. The number of carbonyl (C=O) groups is 1. The summed E-state index contributed by atoms with van der Waals surface area (Å²) in [5.74, 6) is 0.214. The number of aromatic nitrogens is 1. The fourth-order valence-corrected chi connectivity index (χ4v) is 4.06. The van der Waals surface area contributed by atoms with Gasteiger partial charge in [-0.25, -0.2) is 9.37 Å². The lowest BCUT2D eigenvalue weighted by Crippen LogP contribution is -2.54. The number of nitrogens with zero attached hydrogens (tertiary/aromatic N) is 3. The highest BCUT2D eigenvalue weighted by atomic mass is 32.1. The summed E-state index contributed by atoms with van der Waals surface area (Å²) in [7, 11) is 0. The van der Waals surface area contributed by atoms with E-state index < -0.39 is 5.82 Å². The standard InChI is InChI=1S/C19H20FN5OS/c1-11-2-3-13(8-14(11)20)19(26)24-6-7-25(16(21)9-24)17(22)15-10-27-18(23-15)12-4-5-12/h2-3,8,10,12,21-22H,4-7,9H2,1H3. The Kier molecular flexibility index (Phi) is 4.51. The number of piperazine rings is 1. The lowest BCUT2D eigenvalue weighted by atomic mass is 10.1. The van der Waals surface area contributed by atoms with Crippen LogP contribution in [0.2, 0.25) is 0 Å². The molecule has 1 aliphatic carbocycles. The van der Waals surface area contributed by atoms with Gasteiger partial charge in [-0.1, -0.05) is 6.07 Å². The van der Waals surface area contributed by atoms with Crippen LogP contribution < -0.4 is 0 Å². The molecular weight excluding hydrogens is 365 g/mol. The van der Waals surface area contributed by atoms with Crippen molar-refractivity contribution in [3.05, 3.63) is 51.2 Å². The normalized spacial score (nSPS) is 17.3.